The maximum absolute atomic E-state index is 15.8. The summed E-state index contributed by atoms with van der Waals surface area (Å²) in [5.41, 5.74) is 8.26. The van der Waals surface area contributed by atoms with Crippen LogP contribution in [-0.2, 0) is 120 Å². The van der Waals surface area contributed by atoms with Gasteiger partial charge in [0.25, 0.3) is 0 Å². The molecule has 0 saturated carbocycles. The Hall–Kier alpha value is -13.8. The number of likely N-dealkylation sites (N-methyl/N-ethyl adjacent to an activating group) is 5. The van der Waals surface area contributed by atoms with E-state index in [9.17, 15) is 54.0 Å². The number of carbonyl (C=O) groups excluding carboxylic acids is 15. The van der Waals surface area contributed by atoms with Gasteiger partial charge in [-0.05, 0) is 106 Å². The highest BCUT2D eigenvalue weighted by atomic mass is 32.2. The molecular formula is C96H121N15O21S2. The number of carbonyl (C=O) groups is 17. The molecule has 0 spiro atoms. The van der Waals surface area contributed by atoms with E-state index in [1.54, 1.807) is 128 Å². The van der Waals surface area contributed by atoms with E-state index in [1.165, 1.54) is 102 Å². The fraction of sp³-hybridized carbons (Fsp3) is 0.427. The van der Waals surface area contributed by atoms with E-state index in [1.807, 2.05) is 13.0 Å². The molecule has 1 fully saturated rings. The molecule has 1 aromatic heterocycles. The average molecular weight is 1890 g/mol. The molecule has 0 unspecified atom stereocenters. The quantitative estimate of drug-likeness (QED) is 0.0370. The third-order valence-corrected chi connectivity index (χ3v) is 25.0. The van der Waals surface area contributed by atoms with Crippen LogP contribution in [0.15, 0.2) is 169 Å². The first kappa shape index (κ1) is 106. The molecule has 1 aliphatic heterocycles. The smallest absolute Gasteiger partial charge is 0.305 e. The summed E-state index contributed by atoms with van der Waals surface area (Å²) in [6, 6.07) is 24.2. The molecule has 6 aromatic carbocycles. The van der Waals surface area contributed by atoms with Gasteiger partial charge in [-0.3, -0.25) is 81.5 Å². The number of thioether (sulfide) groups is 1. The van der Waals surface area contributed by atoms with Crippen molar-refractivity contribution in [2.24, 2.45) is 17.6 Å². The minimum absolute atomic E-state index is 0.0136. The molecule has 1 saturated heterocycles. The summed E-state index contributed by atoms with van der Waals surface area (Å²) in [4.78, 5) is 255. The Labute approximate surface area is 785 Å². The van der Waals surface area contributed by atoms with Crippen LogP contribution in [0.25, 0.3) is 10.1 Å². The largest absolute Gasteiger partial charge is 0.508 e. The Morgan fingerprint density at radius 3 is 1.43 bits per heavy atom. The van der Waals surface area contributed by atoms with Crippen LogP contribution >= 0.6 is 23.1 Å². The lowest BCUT2D eigenvalue weighted by Gasteiger charge is -2.37. The Morgan fingerprint density at radius 1 is 0.448 bits per heavy atom. The predicted octanol–water partition coefficient (Wildman–Crippen LogP) is 3.29. The van der Waals surface area contributed by atoms with E-state index >= 15 is 47.9 Å². The standard InChI is InChI=1S/C96H121N15O21S2/c1-11-12-31-75-94(130)107(6)52-80(115)99-70(50-83(119)120)89(125)106-84(57(4)5)96(132)110(9)76(47-59-26-18-14-19-27-59)91(127)104-72(46-62-35-39-65(113)40-36-62)93(129)108(7)74(41-42-82(117)118)90(126)103-69(49-63-53-134-78-32-23-22-30-66(63)78)88(124)102-68(44-61-33-37-64(112)38-34-61)87(123)101-67(43-56(2)3)86(122)105-73(85(121)98-51-79(97)114)54-133-55-81(116)100-71(45-58-24-16-13-17-25-58)92(128)111(10)77(95(131)109(75)8)48-60-28-20-15-21-29-60/h13-30,32-40,53,56-57,67-77,84,112-113H,11-12,31,41-52,54-55H2,1-10H3,(H2,97,114)(H,98,121)(H,99,115)(H,100,116)(H,101,123)(H,102,124)(H,103,126)(H,104,127)(H,105,122)(H,106,125)(H,117,118)(H,119,120)/t67-,68-,69-,70-,71-,72-,73-,74-,75-,76-,77-,84-/m0/s1. The monoisotopic (exact) mass is 1880 g/mol. The van der Waals surface area contributed by atoms with E-state index in [4.69, 9.17) is 5.73 Å². The van der Waals surface area contributed by atoms with Gasteiger partial charge < -0.3 is 98.5 Å². The Kier molecular flexibility index (Phi) is 40.4. The van der Waals surface area contributed by atoms with Crippen LogP contribution in [0.2, 0.25) is 0 Å². The molecule has 2 heterocycles. The molecule has 12 atom stereocenters. The molecule has 134 heavy (non-hydrogen) atoms. The molecule has 1 aliphatic rings. The first-order valence-corrected chi connectivity index (χ1v) is 46.2. The fourth-order valence-corrected chi connectivity index (χ4v) is 17.3. The number of hydrogen-bond acceptors (Lipinski definition) is 21. The minimum atomic E-state index is -1.94. The number of carboxylic acid groups (broad SMARTS) is 2. The summed E-state index contributed by atoms with van der Waals surface area (Å²) >= 11 is 2.11. The van der Waals surface area contributed by atoms with Crippen molar-refractivity contribution in [2.75, 3.05) is 59.8 Å². The second-order valence-corrected chi connectivity index (χ2v) is 36.0. The fourth-order valence-electron chi connectivity index (χ4n) is 15.5. The highest BCUT2D eigenvalue weighted by Gasteiger charge is 2.43. The number of benzene rings is 6. The maximum atomic E-state index is 15.8. The van der Waals surface area contributed by atoms with Crippen LogP contribution in [0.3, 0.4) is 0 Å². The molecule has 0 bridgehead atoms. The van der Waals surface area contributed by atoms with Gasteiger partial charge >= 0.3 is 11.9 Å². The molecule has 38 heteroatoms. The van der Waals surface area contributed by atoms with Gasteiger partial charge in [-0.15, -0.1) is 23.1 Å². The first-order chi connectivity index (χ1) is 63.7. The van der Waals surface area contributed by atoms with E-state index in [2.05, 4.69) is 47.9 Å². The maximum Gasteiger partial charge on any atom is 0.305 e. The van der Waals surface area contributed by atoms with Crippen LogP contribution < -0.4 is 53.6 Å². The van der Waals surface area contributed by atoms with Crippen molar-refractivity contribution in [3.05, 3.63) is 203 Å². The molecular weight excluding hydrogens is 1760 g/mol. The number of phenolic OH excluding ortho intramolecular Hbond substituents is 2. The van der Waals surface area contributed by atoms with Gasteiger partial charge in [-0.2, -0.15) is 0 Å². The van der Waals surface area contributed by atoms with Gasteiger partial charge in [0.2, 0.25) is 88.6 Å². The van der Waals surface area contributed by atoms with Crippen LogP contribution in [0.5, 0.6) is 11.5 Å². The van der Waals surface area contributed by atoms with E-state index in [0.717, 1.165) is 48.0 Å². The topological polar surface area (TPSA) is 522 Å². The lowest BCUT2D eigenvalue weighted by atomic mass is 9.98. The first-order valence-electron chi connectivity index (χ1n) is 44.1. The second-order valence-electron chi connectivity index (χ2n) is 34.1. The van der Waals surface area contributed by atoms with Crippen molar-refractivity contribution in [3.63, 3.8) is 0 Å². The molecule has 36 nitrogen and oxygen atoms in total. The zero-order chi connectivity index (χ0) is 98.2. The van der Waals surface area contributed by atoms with E-state index < -0.39 is 235 Å². The zero-order valence-corrected chi connectivity index (χ0v) is 78.3. The SMILES string of the molecule is CCCC[C@H]1C(=O)N(C)CC(=O)N[C@@H](CC(=O)O)C(=O)N[C@@H](C(C)C)C(=O)N(C)[C@@H](Cc2ccccc2)C(=O)N[C@@H](Cc2ccc(O)cc2)C(=O)N(C)[C@@H](CCC(=O)O)C(=O)N[C@@H](Cc2csc3ccccc23)C(=O)N[C@@H](Cc2ccc(O)cc2)C(=O)N[C@@H](CC(C)C)C(=O)N[C@H](C(=O)NCC(N)=O)CSCC(=O)N[C@@H](Cc2ccccc2)C(=O)N(C)[C@@H](Cc2ccccc2)C(=O)N1C. The summed E-state index contributed by atoms with van der Waals surface area (Å²) in [5, 5.41) is 67.8. The molecule has 8 rings (SSSR count). The Balaban J connectivity index is 1.25. The van der Waals surface area contributed by atoms with Gasteiger partial charge in [-0.1, -0.05) is 181 Å². The number of carboxylic acids is 2. The van der Waals surface area contributed by atoms with Crippen LogP contribution in [0.4, 0.5) is 0 Å². The second kappa shape index (κ2) is 51.3. The zero-order valence-electron chi connectivity index (χ0n) is 76.6. The third kappa shape index (κ3) is 31.7. The van der Waals surface area contributed by atoms with Gasteiger partial charge in [0.15, 0.2) is 0 Å². The predicted molar refractivity (Wildman–Crippen MR) is 501 cm³/mol. The third-order valence-electron chi connectivity index (χ3n) is 22.9. The van der Waals surface area contributed by atoms with Crippen LogP contribution in [0.1, 0.15) is 113 Å². The number of primary amides is 1. The number of nitrogens with one attached hydrogen (secondary N) is 9. The van der Waals surface area contributed by atoms with Crippen LogP contribution in [0, 0.1) is 11.8 Å². The number of phenols is 2. The van der Waals surface area contributed by atoms with Gasteiger partial charge in [0.1, 0.15) is 84.0 Å². The number of unbranched alkanes of at least 4 members (excludes halogenated alkanes) is 1. The highest BCUT2D eigenvalue weighted by molar-refractivity contribution is 8.00. The number of aromatic hydroxyl groups is 2. The molecule has 0 radical (unpaired) electrons. The number of nitrogens with two attached hydrogens (primary N) is 1. The number of fused-ring (bicyclic) bond motifs is 1. The lowest BCUT2D eigenvalue weighted by Crippen LogP contribution is -2.62. The Morgan fingerprint density at radius 2 is 0.896 bits per heavy atom. The van der Waals surface area contributed by atoms with Gasteiger partial charge in [0, 0.05) is 90.6 Å². The molecule has 7 aromatic rings. The van der Waals surface area contributed by atoms with Gasteiger partial charge in [-0.25, -0.2) is 0 Å². The average Bonchev–Trinajstić information content (AvgIpc) is 1.69. The number of rotatable bonds is 26. The number of amides is 15. The van der Waals surface area contributed by atoms with Crippen LogP contribution in [-0.4, -0.2) is 278 Å². The number of nitrogens with zero attached hydrogens (tertiary/aromatic N) is 5. The van der Waals surface area contributed by atoms with E-state index in [0.29, 0.717) is 51.6 Å². The highest BCUT2D eigenvalue weighted by Crippen LogP contribution is 2.29. The summed E-state index contributed by atoms with van der Waals surface area (Å²) in [5.74, 6) is -19.9. The molecule has 15 N–H and O–H groups in total. The molecule has 718 valence electrons. The van der Waals surface area contributed by atoms with Crippen molar-refractivity contribution < 1.29 is 102 Å². The van der Waals surface area contributed by atoms with E-state index in [-0.39, 0.29) is 56.4 Å². The summed E-state index contributed by atoms with van der Waals surface area (Å²) in [7, 11) is 6.37. The summed E-state index contributed by atoms with van der Waals surface area (Å²) < 4.78 is 0.759. The van der Waals surface area contributed by atoms with Crippen molar-refractivity contribution in [1.82, 2.24) is 72.4 Å². The molecule has 15 amide bonds. The Bertz CT molecular complexity index is 5270. The summed E-state index contributed by atoms with van der Waals surface area (Å²) in [6.07, 6.45) is -3.40. The van der Waals surface area contributed by atoms with Crippen molar-refractivity contribution in [3.8, 4) is 11.5 Å². The minimum Gasteiger partial charge on any atom is -0.508 e. The van der Waals surface area contributed by atoms with Crippen molar-refractivity contribution in [1.29, 1.82) is 0 Å². The number of hydrogen-bond donors (Lipinski definition) is 14. The van der Waals surface area contributed by atoms with Crippen molar-refractivity contribution >= 4 is 134 Å². The lowest BCUT2D eigenvalue weighted by molar-refractivity contribution is -0.151. The van der Waals surface area contributed by atoms with Gasteiger partial charge in [0.05, 0.1) is 25.3 Å². The number of aliphatic carboxylic acids is 2. The normalized spacial score (nSPS) is 22.1. The number of thiophene rings is 1. The van der Waals surface area contributed by atoms with Crippen molar-refractivity contribution in [2.45, 2.75) is 191 Å². The summed E-state index contributed by atoms with van der Waals surface area (Å²) in [6.45, 7) is 6.82. The molecule has 0 aliphatic carbocycles.